The van der Waals surface area contributed by atoms with E-state index in [0.29, 0.717) is 10.0 Å². The number of carboxylic acids is 1. The maximum Gasteiger partial charge on any atom is 0.357 e. The number of aryl methyl sites for hydroxylation is 1. The highest BCUT2D eigenvalue weighted by molar-refractivity contribution is 7.15. The van der Waals surface area contributed by atoms with Crippen molar-refractivity contribution in [3.05, 3.63) is 10.6 Å². The minimum Gasteiger partial charge on any atom is -0.480 e. The molecule has 1 heterocycles. The Kier molecular flexibility index (Phi) is 3.83. The molecule has 0 aliphatic heterocycles. The van der Waals surface area contributed by atoms with E-state index in [0.717, 1.165) is 0 Å². The Morgan fingerprint density at radius 1 is 1.56 bits per heavy atom. The van der Waals surface area contributed by atoms with Crippen LogP contribution in [0.3, 0.4) is 0 Å². The second-order valence-electron chi connectivity index (χ2n) is 3.12. The van der Waals surface area contributed by atoms with Crippen molar-refractivity contribution in [1.29, 1.82) is 0 Å². The van der Waals surface area contributed by atoms with E-state index in [4.69, 9.17) is 5.11 Å². The number of nitrogens with zero attached hydrogens (tertiary/aromatic N) is 1. The number of aliphatic carboxylic acids is 1. The molecule has 1 aromatic heterocycles. The van der Waals surface area contributed by atoms with Gasteiger partial charge in [0.2, 0.25) is 0 Å². The van der Waals surface area contributed by atoms with Crippen LogP contribution in [-0.2, 0) is 9.53 Å². The van der Waals surface area contributed by atoms with Gasteiger partial charge in [-0.05, 0) is 13.8 Å². The summed E-state index contributed by atoms with van der Waals surface area (Å²) in [6.07, 6.45) is 0. The fourth-order valence-corrected chi connectivity index (χ4v) is 1.88. The average molecular weight is 244 g/mol. The van der Waals surface area contributed by atoms with E-state index in [1.807, 2.05) is 0 Å². The molecular formula is C9H12N2O4S. The lowest BCUT2D eigenvalue weighted by Crippen LogP contribution is -2.25. The van der Waals surface area contributed by atoms with Crippen molar-refractivity contribution in [3.63, 3.8) is 0 Å². The van der Waals surface area contributed by atoms with Crippen molar-refractivity contribution >= 4 is 28.4 Å². The van der Waals surface area contributed by atoms with Gasteiger partial charge in [-0.15, -0.1) is 11.3 Å². The van der Waals surface area contributed by atoms with E-state index < -0.39 is 18.0 Å². The standard InChI is InChI=1S/C9H12N2O4S/c1-4(7(12)13)10-9-11-6(5(2)16-9)8(14)15-3/h4H,1-3H3,(H,10,11)(H,12,13)/t4-/m1/s1. The van der Waals surface area contributed by atoms with Gasteiger partial charge in [-0.25, -0.2) is 9.78 Å². The Morgan fingerprint density at radius 3 is 2.69 bits per heavy atom. The van der Waals surface area contributed by atoms with Crippen LogP contribution < -0.4 is 5.32 Å². The minimum atomic E-state index is -0.979. The number of carboxylic acid groups (broad SMARTS) is 1. The van der Waals surface area contributed by atoms with Crippen LogP contribution in [0.4, 0.5) is 5.13 Å². The number of nitrogens with one attached hydrogen (secondary N) is 1. The number of methoxy groups -OCH3 is 1. The van der Waals surface area contributed by atoms with Gasteiger partial charge in [-0.2, -0.15) is 0 Å². The molecule has 0 aliphatic rings. The molecule has 0 aromatic carbocycles. The van der Waals surface area contributed by atoms with E-state index in [-0.39, 0.29) is 5.69 Å². The zero-order valence-electron chi connectivity index (χ0n) is 9.10. The molecule has 6 nitrogen and oxygen atoms in total. The Morgan fingerprint density at radius 2 is 2.19 bits per heavy atom. The number of hydrogen-bond acceptors (Lipinski definition) is 6. The number of carbonyl (C=O) groups excluding carboxylic acids is 1. The number of rotatable bonds is 4. The number of anilines is 1. The Bertz CT molecular complexity index is 416. The number of ether oxygens (including phenoxy) is 1. The Labute approximate surface area is 96.3 Å². The van der Waals surface area contributed by atoms with Gasteiger partial charge < -0.3 is 15.2 Å². The first kappa shape index (κ1) is 12.4. The third-order valence-electron chi connectivity index (χ3n) is 1.89. The van der Waals surface area contributed by atoms with E-state index in [9.17, 15) is 9.59 Å². The van der Waals surface area contributed by atoms with Gasteiger partial charge in [0.15, 0.2) is 10.8 Å². The lowest BCUT2D eigenvalue weighted by atomic mass is 10.3. The van der Waals surface area contributed by atoms with Crippen molar-refractivity contribution in [3.8, 4) is 0 Å². The summed E-state index contributed by atoms with van der Waals surface area (Å²) in [5.41, 5.74) is 0.215. The predicted octanol–water partition coefficient (Wildman–Crippen LogP) is 1.12. The van der Waals surface area contributed by atoms with Crippen LogP contribution in [0.5, 0.6) is 0 Å². The quantitative estimate of drug-likeness (QED) is 0.772. The molecule has 0 saturated heterocycles. The van der Waals surface area contributed by atoms with Gasteiger partial charge in [0.05, 0.1) is 7.11 Å². The monoisotopic (exact) mass is 244 g/mol. The van der Waals surface area contributed by atoms with Crippen LogP contribution >= 0.6 is 11.3 Å². The largest absolute Gasteiger partial charge is 0.480 e. The molecule has 0 fully saturated rings. The van der Waals surface area contributed by atoms with Crippen molar-refractivity contribution < 1.29 is 19.4 Å². The van der Waals surface area contributed by atoms with E-state index in [1.165, 1.54) is 25.4 Å². The third kappa shape index (κ3) is 2.69. The highest BCUT2D eigenvalue weighted by atomic mass is 32.1. The maximum atomic E-state index is 11.2. The third-order valence-corrected chi connectivity index (χ3v) is 2.79. The number of esters is 1. The summed E-state index contributed by atoms with van der Waals surface area (Å²) in [5, 5.41) is 11.8. The molecular weight excluding hydrogens is 232 g/mol. The first-order chi connectivity index (χ1) is 7.45. The van der Waals surface area contributed by atoms with Gasteiger partial charge in [0, 0.05) is 4.88 Å². The molecule has 16 heavy (non-hydrogen) atoms. The van der Waals surface area contributed by atoms with E-state index >= 15 is 0 Å². The van der Waals surface area contributed by atoms with Crippen LogP contribution in [0, 0.1) is 6.92 Å². The molecule has 0 bridgehead atoms. The SMILES string of the molecule is COC(=O)c1nc(N[C@H](C)C(=O)O)sc1C. The highest BCUT2D eigenvalue weighted by Gasteiger charge is 2.18. The molecule has 7 heteroatoms. The van der Waals surface area contributed by atoms with Gasteiger partial charge in [-0.1, -0.05) is 0 Å². The number of hydrogen-bond donors (Lipinski definition) is 2. The smallest absolute Gasteiger partial charge is 0.357 e. The van der Waals surface area contributed by atoms with Crippen LogP contribution in [0.15, 0.2) is 0 Å². The summed E-state index contributed by atoms with van der Waals surface area (Å²) in [7, 11) is 1.27. The zero-order valence-corrected chi connectivity index (χ0v) is 9.92. The van der Waals surface area contributed by atoms with Crippen molar-refractivity contribution in [1.82, 2.24) is 4.98 Å². The molecule has 1 rings (SSSR count). The maximum absolute atomic E-state index is 11.2. The normalized spacial score (nSPS) is 11.9. The summed E-state index contributed by atoms with van der Waals surface area (Å²) in [5.74, 6) is -1.50. The van der Waals surface area contributed by atoms with Crippen LogP contribution in [0.25, 0.3) is 0 Å². The zero-order chi connectivity index (χ0) is 12.3. The molecule has 88 valence electrons. The second-order valence-corrected chi connectivity index (χ2v) is 4.32. The number of aromatic nitrogens is 1. The van der Waals surface area contributed by atoms with Crippen LogP contribution in [0.2, 0.25) is 0 Å². The van der Waals surface area contributed by atoms with Crippen molar-refractivity contribution in [2.45, 2.75) is 19.9 Å². The molecule has 0 saturated carbocycles. The van der Waals surface area contributed by atoms with Gasteiger partial charge in [-0.3, -0.25) is 4.79 Å². The van der Waals surface area contributed by atoms with Crippen molar-refractivity contribution in [2.24, 2.45) is 0 Å². The summed E-state index contributed by atoms with van der Waals surface area (Å²) in [6, 6.07) is -0.754. The first-order valence-electron chi connectivity index (χ1n) is 4.50. The summed E-state index contributed by atoms with van der Waals surface area (Å²) >= 11 is 1.22. The van der Waals surface area contributed by atoms with E-state index in [2.05, 4.69) is 15.0 Å². The van der Waals surface area contributed by atoms with Gasteiger partial charge in [0.1, 0.15) is 6.04 Å². The molecule has 0 amide bonds. The highest BCUT2D eigenvalue weighted by Crippen LogP contribution is 2.23. The lowest BCUT2D eigenvalue weighted by molar-refractivity contribution is -0.137. The molecule has 1 atom stereocenters. The molecule has 0 radical (unpaired) electrons. The second kappa shape index (κ2) is 4.93. The summed E-state index contributed by atoms with van der Waals surface area (Å²) in [6.45, 7) is 3.22. The molecule has 0 aliphatic carbocycles. The van der Waals surface area contributed by atoms with Gasteiger partial charge >= 0.3 is 11.9 Å². The van der Waals surface area contributed by atoms with Crippen LogP contribution in [0.1, 0.15) is 22.3 Å². The fraction of sp³-hybridized carbons (Fsp3) is 0.444. The average Bonchev–Trinajstić information content (AvgIpc) is 2.58. The molecule has 0 spiro atoms. The topological polar surface area (TPSA) is 88.5 Å². The van der Waals surface area contributed by atoms with Gasteiger partial charge in [0.25, 0.3) is 0 Å². The molecule has 0 unspecified atom stereocenters. The Hall–Kier alpha value is -1.63. The predicted molar refractivity (Wildman–Crippen MR) is 58.9 cm³/mol. The lowest BCUT2D eigenvalue weighted by Gasteiger charge is -2.05. The summed E-state index contributed by atoms with van der Waals surface area (Å²) < 4.78 is 4.54. The first-order valence-corrected chi connectivity index (χ1v) is 5.32. The number of carbonyl (C=O) groups is 2. The van der Waals surface area contributed by atoms with Crippen molar-refractivity contribution in [2.75, 3.05) is 12.4 Å². The molecule has 1 aromatic rings. The summed E-state index contributed by atoms with van der Waals surface area (Å²) in [4.78, 5) is 26.5. The molecule has 2 N–H and O–H groups in total. The number of thiazole rings is 1. The van der Waals surface area contributed by atoms with E-state index in [1.54, 1.807) is 6.92 Å². The fourth-order valence-electron chi connectivity index (χ4n) is 0.991. The Balaban J connectivity index is 2.85. The minimum absolute atomic E-state index is 0.215. The van der Waals surface area contributed by atoms with Crippen LogP contribution in [-0.4, -0.2) is 35.2 Å².